The maximum absolute atomic E-state index is 11.0. The van der Waals surface area contributed by atoms with Crippen LogP contribution in [0.2, 0.25) is 0 Å². The van der Waals surface area contributed by atoms with Crippen molar-refractivity contribution < 1.29 is 184 Å². The van der Waals surface area contributed by atoms with Gasteiger partial charge in [-0.2, -0.15) is 0 Å². The number of carboxylic acids is 3. The van der Waals surface area contributed by atoms with Crippen molar-refractivity contribution in [1.29, 1.82) is 0 Å². The molecule has 0 unspecified atom stereocenters. The van der Waals surface area contributed by atoms with Gasteiger partial charge in [0.15, 0.2) is 0 Å². The van der Waals surface area contributed by atoms with Crippen LogP contribution < -0.4 is 169 Å². The van der Waals surface area contributed by atoms with Gasteiger partial charge in [0.1, 0.15) is 0 Å². The van der Waals surface area contributed by atoms with Gasteiger partial charge in [0.05, 0.1) is 17.9 Å². The summed E-state index contributed by atoms with van der Waals surface area (Å²) in [5.41, 5.74) is 3.78. The second kappa shape index (κ2) is 19.3. The molecule has 0 bridgehead atoms. The van der Waals surface area contributed by atoms with E-state index in [-0.39, 0.29) is 171 Å². The molecule has 0 fully saturated rings. The predicted molar refractivity (Wildman–Crippen MR) is 137 cm³/mol. The van der Waals surface area contributed by atoms with Gasteiger partial charge in [-0.25, -0.2) is 0 Å². The Bertz CT molecular complexity index is 1550. The van der Waals surface area contributed by atoms with Crippen LogP contribution >= 0.6 is 0 Å². The molecule has 0 saturated carbocycles. The minimum atomic E-state index is -1.27. The molecule has 0 spiro atoms. The van der Waals surface area contributed by atoms with Crippen molar-refractivity contribution in [2.24, 2.45) is 0 Å². The van der Waals surface area contributed by atoms with Gasteiger partial charge in [-0.1, -0.05) is 71.9 Å². The van der Waals surface area contributed by atoms with E-state index in [0.717, 1.165) is 0 Å². The monoisotopic (exact) mass is 624 g/mol. The quantitative estimate of drug-likeness (QED) is 0.165. The molecule has 42 heavy (non-hydrogen) atoms. The standard InChI is InChI=1S/C33H18O6.3K/c34-31(35)28-13-7-22(8-14-28)1-4-25-19-26(5-2-23-9-15-29(16-10-23)32(36)37)21-27(20-25)6-3-24-11-17-30(18-12-24)33(38)39;;;/h7-21H,(H,34,35)(H,36,37)(H,38,39);;;/q;3*+1/p-3. The van der Waals surface area contributed by atoms with Crippen molar-refractivity contribution >= 4 is 17.9 Å². The zero-order valence-corrected chi connectivity index (χ0v) is 32.5. The Morgan fingerprint density at radius 3 is 0.738 bits per heavy atom. The predicted octanol–water partition coefficient (Wildman–Crippen LogP) is -8.01. The number of carbonyl (C=O) groups excluding carboxylic acids is 3. The van der Waals surface area contributed by atoms with Crippen molar-refractivity contribution in [3.8, 4) is 35.5 Å². The molecule has 4 aromatic carbocycles. The first kappa shape index (κ1) is 38.9. The van der Waals surface area contributed by atoms with Gasteiger partial charge in [-0.05, 0) is 71.3 Å². The van der Waals surface area contributed by atoms with Crippen LogP contribution in [0.25, 0.3) is 0 Å². The van der Waals surface area contributed by atoms with E-state index in [1.54, 1.807) is 54.6 Å². The van der Waals surface area contributed by atoms with Crippen LogP contribution in [0.3, 0.4) is 0 Å². The summed E-state index contributed by atoms with van der Waals surface area (Å²) in [6, 6.07) is 23.3. The fourth-order valence-corrected chi connectivity index (χ4v) is 3.35. The maximum atomic E-state index is 11.0. The second-order valence-corrected chi connectivity index (χ2v) is 8.14. The number of rotatable bonds is 3. The van der Waals surface area contributed by atoms with Crippen molar-refractivity contribution in [2.45, 2.75) is 0 Å². The van der Waals surface area contributed by atoms with Crippen molar-refractivity contribution in [3.63, 3.8) is 0 Å². The molecule has 4 rings (SSSR count). The van der Waals surface area contributed by atoms with Gasteiger partial charge in [-0.3, -0.25) is 0 Å². The van der Waals surface area contributed by atoms with E-state index in [0.29, 0.717) is 33.4 Å². The van der Waals surface area contributed by atoms with Gasteiger partial charge in [-0.15, -0.1) is 0 Å². The number of carboxylic acid groups (broad SMARTS) is 3. The van der Waals surface area contributed by atoms with Crippen LogP contribution in [0.1, 0.15) is 64.5 Å². The second-order valence-electron chi connectivity index (χ2n) is 8.14. The Balaban J connectivity index is 0.00000294. The molecule has 4 aromatic rings. The fraction of sp³-hybridized carbons (Fsp3) is 0. The Morgan fingerprint density at radius 1 is 0.357 bits per heavy atom. The summed E-state index contributed by atoms with van der Waals surface area (Å²) in [5.74, 6) is 14.2. The maximum Gasteiger partial charge on any atom is 1.00 e. The molecule has 0 aliphatic rings. The molecular weight excluding hydrogens is 610 g/mol. The Kier molecular flexibility index (Phi) is 17.9. The number of benzene rings is 4. The average molecular weight is 625 g/mol. The van der Waals surface area contributed by atoms with E-state index < -0.39 is 17.9 Å². The molecule has 0 aliphatic carbocycles. The van der Waals surface area contributed by atoms with Crippen LogP contribution in [0.15, 0.2) is 91.0 Å². The summed E-state index contributed by atoms with van der Waals surface area (Å²) in [7, 11) is 0. The van der Waals surface area contributed by atoms with E-state index in [1.807, 2.05) is 0 Å². The van der Waals surface area contributed by atoms with E-state index >= 15 is 0 Å². The van der Waals surface area contributed by atoms with Crippen molar-refractivity contribution in [2.75, 3.05) is 0 Å². The average Bonchev–Trinajstić information content (AvgIpc) is 2.94. The summed E-state index contributed by atoms with van der Waals surface area (Å²) < 4.78 is 0. The largest absolute Gasteiger partial charge is 1.00 e. The summed E-state index contributed by atoms with van der Waals surface area (Å²) in [6.45, 7) is 0. The van der Waals surface area contributed by atoms with Crippen LogP contribution in [0.5, 0.6) is 0 Å². The molecular formula is C33H15K3O6. The SMILES string of the molecule is O=C([O-])c1ccc(C#Cc2cc(C#Cc3ccc(C(=O)[O-])cc3)cc(C#Cc3ccc(C(=O)[O-])cc3)c2)cc1.[K+].[K+].[K+]. The van der Waals surface area contributed by atoms with Gasteiger partial charge in [0, 0.05) is 33.4 Å². The summed E-state index contributed by atoms with van der Waals surface area (Å²) in [4.78, 5) is 32.9. The minimum Gasteiger partial charge on any atom is -0.545 e. The molecule has 0 saturated heterocycles. The molecule has 186 valence electrons. The molecule has 0 heterocycles. The summed E-state index contributed by atoms with van der Waals surface area (Å²) >= 11 is 0. The third-order valence-corrected chi connectivity index (χ3v) is 5.35. The first-order valence-electron chi connectivity index (χ1n) is 11.4. The molecule has 0 atom stereocenters. The van der Waals surface area contributed by atoms with Crippen LogP contribution in [0.4, 0.5) is 0 Å². The van der Waals surface area contributed by atoms with Crippen LogP contribution in [-0.4, -0.2) is 17.9 Å². The zero-order valence-electron chi connectivity index (χ0n) is 23.1. The number of hydrogen-bond acceptors (Lipinski definition) is 6. The minimum absolute atomic E-state index is 0. The molecule has 9 heteroatoms. The fourth-order valence-electron chi connectivity index (χ4n) is 3.35. The van der Waals surface area contributed by atoms with Gasteiger partial charge in [0.2, 0.25) is 0 Å². The van der Waals surface area contributed by atoms with E-state index in [9.17, 15) is 29.7 Å². The van der Waals surface area contributed by atoms with Gasteiger partial charge < -0.3 is 29.7 Å². The Hall–Kier alpha value is -1.12. The molecule has 0 aromatic heterocycles. The zero-order chi connectivity index (χ0) is 27.8. The third-order valence-electron chi connectivity index (χ3n) is 5.35. The van der Waals surface area contributed by atoms with E-state index in [1.165, 1.54) is 36.4 Å². The summed E-state index contributed by atoms with van der Waals surface area (Å²) in [6.07, 6.45) is 0. The topological polar surface area (TPSA) is 120 Å². The number of aromatic carboxylic acids is 3. The van der Waals surface area contributed by atoms with Gasteiger partial charge >= 0.3 is 154 Å². The molecule has 0 aliphatic heterocycles. The number of hydrogen-bond donors (Lipinski definition) is 0. The molecule has 0 N–H and O–H groups in total. The summed E-state index contributed by atoms with van der Waals surface area (Å²) in [5, 5.41) is 32.9. The van der Waals surface area contributed by atoms with Crippen LogP contribution in [0, 0.1) is 35.5 Å². The van der Waals surface area contributed by atoms with Crippen molar-refractivity contribution in [1.82, 2.24) is 0 Å². The smallest absolute Gasteiger partial charge is 0.545 e. The molecule has 6 nitrogen and oxygen atoms in total. The first-order chi connectivity index (χ1) is 18.8. The molecule has 0 amide bonds. The normalized spacial score (nSPS) is 8.86. The van der Waals surface area contributed by atoms with Gasteiger partial charge in [0.25, 0.3) is 0 Å². The van der Waals surface area contributed by atoms with E-state index in [2.05, 4.69) is 35.5 Å². The van der Waals surface area contributed by atoms with E-state index in [4.69, 9.17) is 0 Å². The molecule has 0 radical (unpaired) electrons. The van der Waals surface area contributed by atoms with Crippen LogP contribution in [-0.2, 0) is 0 Å². The Labute approximate surface area is 371 Å². The number of carbonyl (C=O) groups is 3. The van der Waals surface area contributed by atoms with Crippen molar-refractivity contribution in [3.05, 3.63) is 141 Å². The Morgan fingerprint density at radius 2 is 0.548 bits per heavy atom. The third kappa shape index (κ3) is 12.1. The first-order valence-corrected chi connectivity index (χ1v) is 11.4.